The van der Waals surface area contributed by atoms with Gasteiger partial charge in [0.2, 0.25) is 0 Å². The number of hydrogen-bond donors (Lipinski definition) is 2. The van der Waals surface area contributed by atoms with Gasteiger partial charge in [0.05, 0.1) is 5.56 Å². The maximum absolute atomic E-state index is 12.2. The molecule has 1 atom stereocenters. The van der Waals surface area contributed by atoms with Crippen LogP contribution in [-0.4, -0.2) is 59.1 Å². The van der Waals surface area contributed by atoms with Gasteiger partial charge in [0, 0.05) is 25.7 Å². The van der Waals surface area contributed by atoms with Crippen molar-refractivity contribution in [3.8, 4) is 11.5 Å². The third-order valence-corrected chi connectivity index (χ3v) is 3.71. The van der Waals surface area contributed by atoms with E-state index in [1.54, 1.807) is 11.9 Å². The minimum absolute atomic E-state index is 0.0489. The Bertz CT molecular complexity index is 476. The Kier molecular flexibility index (Phi) is 3.95. The van der Waals surface area contributed by atoms with Gasteiger partial charge in [-0.25, -0.2) is 0 Å². The average molecular weight is 264 g/mol. The summed E-state index contributed by atoms with van der Waals surface area (Å²) in [7, 11) is 3.80. The molecule has 0 bridgehead atoms. The van der Waals surface area contributed by atoms with E-state index in [-0.39, 0.29) is 23.0 Å². The van der Waals surface area contributed by atoms with Crippen molar-refractivity contribution >= 4 is 5.91 Å². The van der Waals surface area contributed by atoms with Crippen molar-refractivity contribution in [2.75, 3.05) is 27.2 Å². The molecule has 0 aromatic heterocycles. The van der Waals surface area contributed by atoms with Crippen LogP contribution in [0.3, 0.4) is 0 Å². The number of amides is 1. The number of likely N-dealkylation sites (N-methyl/N-ethyl adjacent to an activating group) is 2. The van der Waals surface area contributed by atoms with Gasteiger partial charge < -0.3 is 20.0 Å². The van der Waals surface area contributed by atoms with Crippen molar-refractivity contribution in [3.63, 3.8) is 0 Å². The molecule has 104 valence electrons. The Morgan fingerprint density at radius 2 is 2.21 bits per heavy atom. The highest BCUT2D eigenvalue weighted by molar-refractivity contribution is 5.96. The van der Waals surface area contributed by atoms with Gasteiger partial charge in [-0.3, -0.25) is 4.79 Å². The first kappa shape index (κ1) is 13.7. The molecule has 0 saturated carbocycles. The number of carbonyl (C=O) groups is 1. The minimum Gasteiger partial charge on any atom is -0.508 e. The summed E-state index contributed by atoms with van der Waals surface area (Å²) in [6, 6.07) is 4.42. The molecule has 1 aliphatic heterocycles. The normalized spacial score (nSPS) is 19.6. The van der Waals surface area contributed by atoms with Crippen LogP contribution < -0.4 is 0 Å². The molecule has 1 amide bonds. The number of benzene rings is 1. The monoisotopic (exact) mass is 264 g/mol. The Labute approximate surface area is 113 Å². The lowest BCUT2D eigenvalue weighted by Crippen LogP contribution is -2.39. The van der Waals surface area contributed by atoms with Crippen molar-refractivity contribution in [2.24, 2.45) is 0 Å². The number of phenols is 2. The average Bonchev–Trinajstić information content (AvgIpc) is 2.74. The molecular weight excluding hydrogens is 244 g/mol. The van der Waals surface area contributed by atoms with Crippen LogP contribution in [0.15, 0.2) is 18.2 Å². The first-order valence-electron chi connectivity index (χ1n) is 6.46. The summed E-state index contributed by atoms with van der Waals surface area (Å²) in [6.45, 7) is 1.72. The van der Waals surface area contributed by atoms with Crippen molar-refractivity contribution < 1.29 is 15.0 Å². The number of phenolic OH excluding ortho intramolecular Hbond substituents is 2. The predicted molar refractivity (Wildman–Crippen MR) is 72.4 cm³/mol. The molecule has 1 heterocycles. The Morgan fingerprint density at radius 1 is 1.47 bits per heavy atom. The van der Waals surface area contributed by atoms with Crippen molar-refractivity contribution in [3.05, 3.63) is 23.8 Å². The molecule has 1 aromatic carbocycles. The SMILES string of the molecule is CN(CC1CCCN1C)C(=O)c1ccc(O)cc1O. The fourth-order valence-corrected chi connectivity index (χ4v) is 2.52. The number of carbonyl (C=O) groups excluding carboxylic acids is 1. The second-order valence-corrected chi connectivity index (χ2v) is 5.16. The second-order valence-electron chi connectivity index (χ2n) is 5.16. The fraction of sp³-hybridized carbons (Fsp3) is 0.500. The zero-order valence-corrected chi connectivity index (χ0v) is 11.3. The first-order valence-corrected chi connectivity index (χ1v) is 6.46. The number of aromatic hydroxyl groups is 2. The van der Waals surface area contributed by atoms with E-state index in [0.717, 1.165) is 19.4 Å². The van der Waals surface area contributed by atoms with Gasteiger partial charge in [-0.15, -0.1) is 0 Å². The summed E-state index contributed by atoms with van der Waals surface area (Å²) in [4.78, 5) is 16.1. The Balaban J connectivity index is 2.06. The van der Waals surface area contributed by atoms with E-state index in [1.807, 2.05) is 0 Å². The third-order valence-electron chi connectivity index (χ3n) is 3.71. The van der Waals surface area contributed by atoms with Crippen LogP contribution in [0.5, 0.6) is 11.5 Å². The van der Waals surface area contributed by atoms with E-state index in [2.05, 4.69) is 11.9 Å². The molecule has 5 heteroatoms. The molecule has 1 unspecified atom stereocenters. The van der Waals surface area contributed by atoms with Crippen molar-refractivity contribution in [2.45, 2.75) is 18.9 Å². The summed E-state index contributed by atoms with van der Waals surface area (Å²) >= 11 is 0. The quantitative estimate of drug-likeness (QED) is 0.863. The van der Waals surface area contributed by atoms with Crippen LogP contribution in [0.4, 0.5) is 0 Å². The van der Waals surface area contributed by atoms with Crippen LogP contribution in [0.2, 0.25) is 0 Å². The fourth-order valence-electron chi connectivity index (χ4n) is 2.52. The molecule has 19 heavy (non-hydrogen) atoms. The highest BCUT2D eigenvalue weighted by Crippen LogP contribution is 2.24. The number of hydrogen-bond acceptors (Lipinski definition) is 4. The predicted octanol–water partition coefficient (Wildman–Crippen LogP) is 1.26. The van der Waals surface area contributed by atoms with E-state index in [0.29, 0.717) is 12.6 Å². The van der Waals surface area contributed by atoms with E-state index < -0.39 is 0 Å². The van der Waals surface area contributed by atoms with Gasteiger partial charge in [0.1, 0.15) is 11.5 Å². The van der Waals surface area contributed by atoms with Gasteiger partial charge in [-0.05, 0) is 38.6 Å². The second kappa shape index (κ2) is 5.48. The largest absolute Gasteiger partial charge is 0.508 e. The number of nitrogens with zero attached hydrogens (tertiary/aromatic N) is 2. The van der Waals surface area contributed by atoms with Gasteiger partial charge in [-0.2, -0.15) is 0 Å². The summed E-state index contributed by atoms with van der Waals surface area (Å²) in [5.74, 6) is -0.457. The van der Waals surface area contributed by atoms with Crippen molar-refractivity contribution in [1.29, 1.82) is 0 Å². The lowest BCUT2D eigenvalue weighted by atomic mass is 10.1. The first-order chi connectivity index (χ1) is 8.99. The zero-order chi connectivity index (χ0) is 14.0. The minimum atomic E-state index is -0.224. The lowest BCUT2D eigenvalue weighted by molar-refractivity contribution is 0.0758. The Hall–Kier alpha value is -1.75. The molecule has 1 saturated heterocycles. The van der Waals surface area contributed by atoms with Crippen LogP contribution in [0.25, 0.3) is 0 Å². The molecule has 0 spiro atoms. The van der Waals surface area contributed by atoms with E-state index in [4.69, 9.17) is 0 Å². The smallest absolute Gasteiger partial charge is 0.257 e. The molecule has 1 aromatic rings. The maximum atomic E-state index is 12.2. The highest BCUT2D eigenvalue weighted by Gasteiger charge is 2.25. The molecule has 2 N–H and O–H groups in total. The third kappa shape index (κ3) is 2.98. The van der Waals surface area contributed by atoms with E-state index in [1.165, 1.54) is 18.2 Å². The number of rotatable bonds is 3. The molecule has 5 nitrogen and oxygen atoms in total. The van der Waals surface area contributed by atoms with Crippen LogP contribution in [-0.2, 0) is 0 Å². The number of likely N-dealkylation sites (tertiary alicyclic amines) is 1. The molecule has 0 radical (unpaired) electrons. The summed E-state index contributed by atoms with van der Waals surface area (Å²) in [5, 5.41) is 18.9. The summed E-state index contributed by atoms with van der Waals surface area (Å²) in [6.07, 6.45) is 2.25. The van der Waals surface area contributed by atoms with Gasteiger partial charge in [-0.1, -0.05) is 0 Å². The lowest BCUT2D eigenvalue weighted by Gasteiger charge is -2.26. The standard InChI is InChI=1S/C14H20N2O3/c1-15-7-3-4-10(15)9-16(2)14(19)12-6-5-11(17)8-13(12)18/h5-6,8,10,17-18H,3-4,7,9H2,1-2H3. The maximum Gasteiger partial charge on any atom is 0.257 e. The van der Waals surface area contributed by atoms with Gasteiger partial charge in [0.15, 0.2) is 0 Å². The van der Waals surface area contributed by atoms with Gasteiger partial charge >= 0.3 is 0 Å². The van der Waals surface area contributed by atoms with Crippen LogP contribution in [0, 0.1) is 0 Å². The molecule has 1 aliphatic rings. The van der Waals surface area contributed by atoms with E-state index >= 15 is 0 Å². The topological polar surface area (TPSA) is 64.0 Å². The van der Waals surface area contributed by atoms with Crippen molar-refractivity contribution in [1.82, 2.24) is 9.80 Å². The zero-order valence-electron chi connectivity index (χ0n) is 11.3. The van der Waals surface area contributed by atoms with Crippen LogP contribution >= 0.6 is 0 Å². The highest BCUT2D eigenvalue weighted by atomic mass is 16.3. The van der Waals surface area contributed by atoms with E-state index in [9.17, 15) is 15.0 Å². The molecular formula is C14H20N2O3. The summed E-state index contributed by atoms with van der Waals surface area (Å²) < 4.78 is 0. The Morgan fingerprint density at radius 3 is 2.79 bits per heavy atom. The molecule has 0 aliphatic carbocycles. The van der Waals surface area contributed by atoms with Crippen LogP contribution in [0.1, 0.15) is 23.2 Å². The molecule has 2 rings (SSSR count). The van der Waals surface area contributed by atoms with Gasteiger partial charge in [0.25, 0.3) is 5.91 Å². The molecule has 1 fully saturated rings. The summed E-state index contributed by atoms with van der Waals surface area (Å²) in [5.41, 5.74) is 0.223.